The molecule has 1 fully saturated rings. The summed E-state index contributed by atoms with van der Waals surface area (Å²) in [6.07, 6.45) is -0.00469. The van der Waals surface area contributed by atoms with Gasteiger partial charge < -0.3 is 9.64 Å². The summed E-state index contributed by atoms with van der Waals surface area (Å²) in [7, 11) is 0. The molecule has 1 aliphatic heterocycles. The van der Waals surface area contributed by atoms with Crippen molar-refractivity contribution in [1.82, 2.24) is 4.90 Å². The highest BCUT2D eigenvalue weighted by molar-refractivity contribution is 5.97. The second-order valence-electron chi connectivity index (χ2n) is 7.58. The third-order valence-corrected chi connectivity index (χ3v) is 5.81. The number of halogens is 3. The second-order valence-corrected chi connectivity index (χ2v) is 7.58. The zero-order valence-electron chi connectivity index (χ0n) is 16.1. The summed E-state index contributed by atoms with van der Waals surface area (Å²) in [6, 6.07) is 11.9. The van der Waals surface area contributed by atoms with Crippen molar-refractivity contribution in [1.29, 1.82) is 0 Å². The van der Waals surface area contributed by atoms with Gasteiger partial charge in [0.15, 0.2) is 0 Å². The minimum absolute atomic E-state index is 0.0515. The van der Waals surface area contributed by atoms with Crippen molar-refractivity contribution in [2.24, 2.45) is 5.92 Å². The van der Waals surface area contributed by atoms with Crippen LogP contribution in [-0.4, -0.2) is 30.3 Å². The molecule has 1 aliphatic carbocycles. The molecule has 0 saturated carbocycles. The van der Waals surface area contributed by atoms with E-state index in [0.29, 0.717) is 19.0 Å². The Morgan fingerprint density at radius 2 is 1.79 bits per heavy atom. The molecule has 2 aliphatic rings. The monoisotopic (exact) mass is 401 g/mol. The molecule has 29 heavy (non-hydrogen) atoms. The lowest BCUT2D eigenvalue weighted by Crippen LogP contribution is -2.39. The van der Waals surface area contributed by atoms with Gasteiger partial charge in [0.25, 0.3) is 5.91 Å². The lowest BCUT2D eigenvalue weighted by molar-refractivity contribution is -0.274. The van der Waals surface area contributed by atoms with Gasteiger partial charge in [0.1, 0.15) is 5.75 Å². The number of carbonyl (C=O) groups excluding carboxylic acids is 1. The SMILES string of the molecule is Cc1cccc2c1CC=C2C1CCN(C(=O)c2ccccc2OC(F)(F)F)CC1. The number of nitrogens with zero attached hydrogens (tertiary/aromatic N) is 1. The van der Waals surface area contributed by atoms with Gasteiger partial charge in [0, 0.05) is 13.1 Å². The highest BCUT2D eigenvalue weighted by atomic mass is 19.4. The Balaban J connectivity index is 1.45. The third-order valence-electron chi connectivity index (χ3n) is 5.81. The maximum Gasteiger partial charge on any atom is 0.573 e. The van der Waals surface area contributed by atoms with Crippen molar-refractivity contribution in [2.75, 3.05) is 13.1 Å². The highest BCUT2D eigenvalue weighted by Gasteiger charge is 2.34. The molecule has 0 N–H and O–H groups in total. The van der Waals surface area contributed by atoms with E-state index in [1.165, 1.54) is 40.5 Å². The number of hydrogen-bond donors (Lipinski definition) is 0. The molecular weight excluding hydrogens is 379 g/mol. The molecule has 152 valence electrons. The number of likely N-dealkylation sites (tertiary alicyclic amines) is 1. The number of alkyl halides is 3. The molecule has 2 aromatic carbocycles. The molecule has 0 radical (unpaired) electrons. The topological polar surface area (TPSA) is 29.5 Å². The minimum Gasteiger partial charge on any atom is -0.405 e. The number of hydrogen-bond acceptors (Lipinski definition) is 2. The van der Waals surface area contributed by atoms with Crippen LogP contribution in [0.1, 0.15) is 39.9 Å². The summed E-state index contributed by atoms with van der Waals surface area (Å²) >= 11 is 0. The maximum absolute atomic E-state index is 12.8. The highest BCUT2D eigenvalue weighted by Crippen LogP contribution is 2.39. The number of rotatable bonds is 3. The van der Waals surface area contributed by atoms with Crippen LogP contribution in [0.25, 0.3) is 5.57 Å². The number of fused-ring (bicyclic) bond motifs is 1. The fraction of sp³-hybridized carbons (Fsp3) is 0.348. The van der Waals surface area contributed by atoms with E-state index in [1.807, 2.05) is 0 Å². The summed E-state index contributed by atoms with van der Waals surface area (Å²) in [5, 5.41) is 0. The predicted molar refractivity (Wildman–Crippen MR) is 105 cm³/mol. The number of carbonyl (C=O) groups is 1. The van der Waals surface area contributed by atoms with Gasteiger partial charge in [-0.05, 0) is 66.5 Å². The number of allylic oxidation sites excluding steroid dienone is 2. The molecule has 0 atom stereocenters. The van der Waals surface area contributed by atoms with E-state index in [9.17, 15) is 18.0 Å². The molecule has 1 saturated heterocycles. The van der Waals surface area contributed by atoms with Gasteiger partial charge in [-0.2, -0.15) is 0 Å². The van der Waals surface area contributed by atoms with Crippen LogP contribution < -0.4 is 4.74 Å². The Kier molecular flexibility index (Phi) is 5.11. The fourth-order valence-electron chi connectivity index (χ4n) is 4.37. The standard InChI is InChI=1S/C23H22F3NO2/c1-15-5-4-7-19-17(15)9-10-18(19)16-11-13-27(14-12-16)22(28)20-6-2-3-8-21(20)29-23(24,25)26/h2-8,10,16H,9,11-14H2,1H3. The Bertz CT molecular complexity index is 957. The van der Waals surface area contributed by atoms with Gasteiger partial charge >= 0.3 is 6.36 Å². The summed E-state index contributed by atoms with van der Waals surface area (Å²) in [4.78, 5) is 14.5. The molecule has 0 spiro atoms. The maximum atomic E-state index is 12.8. The first kappa shape index (κ1) is 19.6. The van der Waals surface area contributed by atoms with E-state index in [-0.39, 0.29) is 5.56 Å². The molecule has 6 heteroatoms. The van der Waals surface area contributed by atoms with E-state index < -0.39 is 18.0 Å². The predicted octanol–water partition coefficient (Wildman–Crippen LogP) is 5.39. The molecule has 1 amide bonds. The zero-order chi connectivity index (χ0) is 20.6. The van der Waals surface area contributed by atoms with Crippen molar-refractivity contribution < 1.29 is 22.7 Å². The Morgan fingerprint density at radius 3 is 2.52 bits per heavy atom. The Morgan fingerprint density at radius 1 is 1.07 bits per heavy atom. The molecule has 0 unspecified atom stereocenters. The third kappa shape index (κ3) is 4.02. The number of amides is 1. The first-order valence-corrected chi connectivity index (χ1v) is 9.76. The van der Waals surface area contributed by atoms with Crippen LogP contribution in [0.4, 0.5) is 13.2 Å². The smallest absolute Gasteiger partial charge is 0.405 e. The first-order chi connectivity index (χ1) is 13.8. The first-order valence-electron chi connectivity index (χ1n) is 9.76. The molecule has 0 aromatic heterocycles. The quantitative estimate of drug-likeness (QED) is 0.691. The van der Waals surface area contributed by atoms with E-state index in [0.717, 1.165) is 19.3 Å². The van der Waals surface area contributed by atoms with Crippen molar-refractivity contribution in [3.8, 4) is 5.75 Å². The van der Waals surface area contributed by atoms with Crippen molar-refractivity contribution in [3.63, 3.8) is 0 Å². The zero-order valence-corrected chi connectivity index (χ0v) is 16.1. The summed E-state index contributed by atoms with van der Waals surface area (Å²) < 4.78 is 42.0. The molecule has 2 aromatic rings. The van der Waals surface area contributed by atoms with Crippen LogP contribution in [0.15, 0.2) is 48.5 Å². The van der Waals surface area contributed by atoms with E-state index in [2.05, 4.69) is 35.9 Å². The van der Waals surface area contributed by atoms with Crippen LogP contribution in [0.2, 0.25) is 0 Å². The van der Waals surface area contributed by atoms with Gasteiger partial charge in [-0.15, -0.1) is 13.2 Å². The van der Waals surface area contributed by atoms with Crippen molar-refractivity contribution >= 4 is 11.5 Å². The van der Waals surface area contributed by atoms with Crippen LogP contribution >= 0.6 is 0 Å². The normalized spacial score (nSPS) is 17.1. The molecule has 4 rings (SSSR count). The molecule has 1 heterocycles. The number of benzene rings is 2. The summed E-state index contributed by atoms with van der Waals surface area (Å²) in [5.41, 5.74) is 5.27. The van der Waals surface area contributed by atoms with Crippen LogP contribution in [0.5, 0.6) is 5.75 Å². The van der Waals surface area contributed by atoms with Gasteiger partial charge in [0.2, 0.25) is 0 Å². The van der Waals surface area contributed by atoms with Crippen LogP contribution in [-0.2, 0) is 6.42 Å². The number of ether oxygens (including phenoxy) is 1. The van der Waals surface area contributed by atoms with Crippen LogP contribution in [0.3, 0.4) is 0 Å². The number of para-hydroxylation sites is 1. The Labute approximate surface area is 167 Å². The molecule has 0 bridgehead atoms. The van der Waals surface area contributed by atoms with Crippen molar-refractivity contribution in [3.05, 3.63) is 70.8 Å². The largest absolute Gasteiger partial charge is 0.573 e. The van der Waals surface area contributed by atoms with Crippen LogP contribution in [0, 0.1) is 12.8 Å². The lowest BCUT2D eigenvalue weighted by atomic mass is 9.85. The average Bonchev–Trinajstić information content (AvgIpc) is 3.12. The van der Waals surface area contributed by atoms with Gasteiger partial charge in [-0.1, -0.05) is 36.4 Å². The average molecular weight is 401 g/mol. The number of piperidine rings is 1. The fourth-order valence-corrected chi connectivity index (χ4v) is 4.37. The lowest BCUT2D eigenvalue weighted by Gasteiger charge is -2.33. The van der Waals surface area contributed by atoms with Gasteiger partial charge in [0.05, 0.1) is 5.56 Å². The Hall–Kier alpha value is -2.76. The van der Waals surface area contributed by atoms with Crippen molar-refractivity contribution in [2.45, 2.75) is 32.5 Å². The van der Waals surface area contributed by atoms with E-state index in [1.54, 1.807) is 11.0 Å². The summed E-state index contributed by atoms with van der Waals surface area (Å²) in [5.74, 6) is -0.501. The summed E-state index contributed by atoms with van der Waals surface area (Å²) in [6.45, 7) is 3.15. The molecular formula is C23H22F3NO2. The number of aryl methyl sites for hydroxylation is 1. The van der Waals surface area contributed by atoms with Gasteiger partial charge in [-0.25, -0.2) is 0 Å². The minimum atomic E-state index is -4.83. The van der Waals surface area contributed by atoms with E-state index in [4.69, 9.17) is 0 Å². The molecule has 3 nitrogen and oxygen atoms in total. The van der Waals surface area contributed by atoms with E-state index >= 15 is 0 Å². The van der Waals surface area contributed by atoms with Gasteiger partial charge in [-0.3, -0.25) is 4.79 Å². The second kappa shape index (κ2) is 7.58.